The molecule has 0 aliphatic carbocycles. The van der Waals surface area contributed by atoms with Gasteiger partial charge in [-0.05, 0) is 42.8 Å². The molecule has 4 nitrogen and oxygen atoms in total. The first-order chi connectivity index (χ1) is 13.5. The van der Waals surface area contributed by atoms with Gasteiger partial charge in [0.2, 0.25) is 5.91 Å². The quantitative estimate of drug-likeness (QED) is 0.500. The van der Waals surface area contributed by atoms with E-state index in [1.54, 1.807) is 11.8 Å². The molecule has 0 aliphatic rings. The summed E-state index contributed by atoms with van der Waals surface area (Å²) in [5.74, 6) is -0.0333. The normalized spacial score (nSPS) is 11.0. The average Bonchev–Trinajstić information content (AvgIpc) is 3.09. The van der Waals surface area contributed by atoms with Crippen LogP contribution in [0.2, 0.25) is 5.02 Å². The third kappa shape index (κ3) is 4.98. The van der Waals surface area contributed by atoms with Crippen molar-refractivity contribution in [3.63, 3.8) is 0 Å². The van der Waals surface area contributed by atoms with Gasteiger partial charge in [-0.15, -0.1) is 11.3 Å². The maximum atomic E-state index is 12.4. The molecule has 28 heavy (non-hydrogen) atoms. The van der Waals surface area contributed by atoms with Gasteiger partial charge >= 0.3 is 0 Å². The predicted molar refractivity (Wildman–Crippen MR) is 117 cm³/mol. The van der Waals surface area contributed by atoms with Gasteiger partial charge in [-0.1, -0.05) is 48.9 Å². The molecule has 6 heteroatoms. The Kier molecular flexibility index (Phi) is 6.83. The highest BCUT2D eigenvalue weighted by atomic mass is 35.5. The molecular weight excluding hydrogens is 390 g/mol. The van der Waals surface area contributed by atoms with Crippen LogP contribution in [0.15, 0.2) is 53.9 Å². The van der Waals surface area contributed by atoms with Crippen molar-refractivity contribution < 1.29 is 4.79 Å². The van der Waals surface area contributed by atoms with E-state index >= 15 is 0 Å². The zero-order valence-corrected chi connectivity index (χ0v) is 17.9. The molecule has 0 saturated carbocycles. The Bertz CT molecular complexity index is 956. The van der Waals surface area contributed by atoms with Crippen molar-refractivity contribution in [1.82, 2.24) is 9.88 Å². The summed E-state index contributed by atoms with van der Waals surface area (Å²) in [4.78, 5) is 21.0. The molecule has 0 N–H and O–H groups in total. The van der Waals surface area contributed by atoms with E-state index in [1.807, 2.05) is 41.8 Å². The number of carbonyl (C=O) groups is 1. The number of rotatable bonds is 7. The molecule has 0 atom stereocenters. The van der Waals surface area contributed by atoms with Crippen molar-refractivity contribution in [2.75, 3.05) is 11.9 Å². The Morgan fingerprint density at radius 3 is 2.64 bits per heavy atom. The standard InChI is InChI=1S/C22H24ClN3OS/c1-4-18-9-5-6-11-21(18)26(16(2)27)22-24-20(15-28-22)14-25(3)13-17-8-7-10-19(23)12-17/h5-12,15H,4,13-14H2,1-3H3. The van der Waals surface area contributed by atoms with E-state index in [1.165, 1.54) is 11.3 Å². The van der Waals surface area contributed by atoms with E-state index in [4.69, 9.17) is 16.6 Å². The van der Waals surface area contributed by atoms with Crippen molar-refractivity contribution in [2.24, 2.45) is 0 Å². The summed E-state index contributed by atoms with van der Waals surface area (Å²) < 4.78 is 0. The number of nitrogens with zero attached hydrogens (tertiary/aromatic N) is 3. The van der Waals surface area contributed by atoms with Crippen LogP contribution in [-0.2, 0) is 24.3 Å². The van der Waals surface area contributed by atoms with Crippen LogP contribution in [0.25, 0.3) is 0 Å². The van der Waals surface area contributed by atoms with Crippen LogP contribution in [0.3, 0.4) is 0 Å². The zero-order valence-electron chi connectivity index (χ0n) is 16.4. The number of carbonyl (C=O) groups excluding carboxylic acids is 1. The summed E-state index contributed by atoms with van der Waals surface area (Å²) in [6.45, 7) is 5.15. The summed E-state index contributed by atoms with van der Waals surface area (Å²) in [5.41, 5.74) is 4.15. The number of amides is 1. The van der Waals surface area contributed by atoms with Crippen LogP contribution in [0, 0.1) is 0 Å². The van der Waals surface area contributed by atoms with Crippen LogP contribution < -0.4 is 4.90 Å². The number of para-hydroxylation sites is 1. The SMILES string of the molecule is CCc1ccccc1N(C(C)=O)c1nc(CN(C)Cc2cccc(Cl)c2)cs1. The molecular formula is C22H24ClN3OS. The number of anilines is 2. The van der Waals surface area contributed by atoms with Crippen molar-refractivity contribution in [3.8, 4) is 0 Å². The summed E-state index contributed by atoms with van der Waals surface area (Å²) in [6, 6.07) is 15.9. The second-order valence-corrected chi connectivity index (χ2v) is 8.03. The van der Waals surface area contributed by atoms with E-state index in [9.17, 15) is 4.79 Å². The van der Waals surface area contributed by atoms with Gasteiger partial charge in [0, 0.05) is 30.4 Å². The van der Waals surface area contributed by atoms with Gasteiger partial charge in [0.25, 0.3) is 0 Å². The highest BCUT2D eigenvalue weighted by Crippen LogP contribution is 2.32. The summed E-state index contributed by atoms with van der Waals surface area (Å²) >= 11 is 7.57. The predicted octanol–water partition coefficient (Wildman–Crippen LogP) is 5.68. The molecule has 2 aromatic carbocycles. The van der Waals surface area contributed by atoms with Crippen LogP contribution in [0.4, 0.5) is 10.8 Å². The van der Waals surface area contributed by atoms with Crippen LogP contribution in [0.1, 0.15) is 30.7 Å². The number of hydrogen-bond acceptors (Lipinski definition) is 4. The third-order valence-electron chi connectivity index (χ3n) is 4.43. The van der Waals surface area contributed by atoms with Crippen molar-refractivity contribution in [3.05, 3.63) is 75.8 Å². The fourth-order valence-corrected chi connectivity index (χ4v) is 4.27. The number of thiazole rings is 1. The van der Waals surface area contributed by atoms with Crippen LogP contribution in [0.5, 0.6) is 0 Å². The summed E-state index contributed by atoms with van der Waals surface area (Å²) in [7, 11) is 2.05. The topological polar surface area (TPSA) is 36.4 Å². The Morgan fingerprint density at radius 1 is 1.14 bits per heavy atom. The number of halogens is 1. The maximum absolute atomic E-state index is 12.4. The van der Waals surface area contributed by atoms with Crippen LogP contribution >= 0.6 is 22.9 Å². The average molecular weight is 414 g/mol. The second kappa shape index (κ2) is 9.32. The van der Waals surface area contributed by atoms with E-state index in [-0.39, 0.29) is 5.91 Å². The molecule has 0 fully saturated rings. The van der Waals surface area contributed by atoms with E-state index in [0.717, 1.165) is 40.5 Å². The van der Waals surface area contributed by atoms with E-state index in [2.05, 4.69) is 31.0 Å². The Morgan fingerprint density at radius 2 is 1.93 bits per heavy atom. The second-order valence-electron chi connectivity index (χ2n) is 6.76. The first kappa shape index (κ1) is 20.5. The fourth-order valence-electron chi connectivity index (χ4n) is 3.19. The molecule has 1 aromatic heterocycles. The number of benzene rings is 2. The lowest BCUT2D eigenvalue weighted by Crippen LogP contribution is -2.24. The van der Waals surface area contributed by atoms with E-state index in [0.29, 0.717) is 11.7 Å². The molecule has 146 valence electrons. The van der Waals surface area contributed by atoms with Crippen LogP contribution in [-0.4, -0.2) is 22.8 Å². The van der Waals surface area contributed by atoms with Crippen molar-refractivity contribution >= 4 is 39.7 Å². The molecule has 0 bridgehead atoms. The smallest absolute Gasteiger partial charge is 0.230 e. The number of aryl methyl sites for hydroxylation is 1. The molecule has 0 spiro atoms. The lowest BCUT2D eigenvalue weighted by molar-refractivity contribution is -0.115. The Hall–Kier alpha value is -2.21. The molecule has 1 amide bonds. The molecule has 1 heterocycles. The zero-order chi connectivity index (χ0) is 20.1. The van der Waals surface area contributed by atoms with E-state index < -0.39 is 0 Å². The van der Waals surface area contributed by atoms with Gasteiger partial charge < -0.3 is 0 Å². The van der Waals surface area contributed by atoms with Gasteiger partial charge in [0.05, 0.1) is 11.4 Å². The largest absolute Gasteiger partial charge is 0.296 e. The first-order valence-electron chi connectivity index (χ1n) is 9.24. The number of hydrogen-bond donors (Lipinski definition) is 0. The van der Waals surface area contributed by atoms with Gasteiger partial charge in [-0.25, -0.2) is 4.98 Å². The van der Waals surface area contributed by atoms with Crippen molar-refractivity contribution in [1.29, 1.82) is 0 Å². The van der Waals surface area contributed by atoms with Crippen molar-refractivity contribution in [2.45, 2.75) is 33.4 Å². The lowest BCUT2D eigenvalue weighted by atomic mass is 10.1. The molecule has 0 aliphatic heterocycles. The third-order valence-corrected chi connectivity index (χ3v) is 5.54. The van der Waals surface area contributed by atoms with Gasteiger partial charge in [0.15, 0.2) is 5.13 Å². The molecule has 3 rings (SSSR count). The summed E-state index contributed by atoms with van der Waals surface area (Å²) in [6.07, 6.45) is 0.862. The highest BCUT2D eigenvalue weighted by molar-refractivity contribution is 7.14. The first-order valence-corrected chi connectivity index (χ1v) is 10.5. The molecule has 3 aromatic rings. The Labute approximate surface area is 175 Å². The number of aromatic nitrogens is 1. The van der Waals surface area contributed by atoms with Gasteiger partial charge in [-0.3, -0.25) is 14.6 Å². The highest BCUT2D eigenvalue weighted by Gasteiger charge is 2.20. The minimum atomic E-state index is -0.0333. The molecule has 0 radical (unpaired) electrons. The maximum Gasteiger partial charge on any atom is 0.230 e. The minimum Gasteiger partial charge on any atom is -0.296 e. The van der Waals surface area contributed by atoms with Gasteiger partial charge in [-0.2, -0.15) is 0 Å². The Balaban J connectivity index is 1.76. The molecule has 0 saturated heterocycles. The van der Waals surface area contributed by atoms with Gasteiger partial charge in [0.1, 0.15) is 0 Å². The monoisotopic (exact) mass is 413 g/mol. The fraction of sp³-hybridized carbons (Fsp3) is 0.273. The summed E-state index contributed by atoms with van der Waals surface area (Å²) in [5, 5.41) is 3.47. The lowest BCUT2D eigenvalue weighted by Gasteiger charge is -2.21. The minimum absolute atomic E-state index is 0.0333. The molecule has 0 unspecified atom stereocenters.